The van der Waals surface area contributed by atoms with Crippen molar-refractivity contribution in [2.24, 2.45) is 0 Å². The van der Waals surface area contributed by atoms with Crippen LogP contribution in [0.1, 0.15) is 50.7 Å². The fraction of sp³-hybridized carbons (Fsp3) is 0.389. The average Bonchev–Trinajstić information content (AvgIpc) is 2.61. The third kappa shape index (κ3) is 4.75. The van der Waals surface area contributed by atoms with Gasteiger partial charge in [0.25, 0.3) is 10.0 Å². The minimum atomic E-state index is -4.33. The number of nitrogens with zero attached hydrogens (tertiary/aromatic N) is 2. The second kappa shape index (κ2) is 8.51. The highest BCUT2D eigenvalue weighted by Crippen LogP contribution is 2.33. The summed E-state index contributed by atoms with van der Waals surface area (Å²) in [5, 5.41) is 9.08. The molecule has 0 unspecified atom stereocenters. The van der Waals surface area contributed by atoms with Gasteiger partial charge in [-0.2, -0.15) is 13.5 Å². The largest absolute Gasteiger partial charge is 0.494 e. The van der Waals surface area contributed by atoms with Crippen LogP contribution in [0.2, 0.25) is 0 Å². The van der Waals surface area contributed by atoms with Crippen LogP contribution in [0.25, 0.3) is 0 Å². The monoisotopic (exact) mass is 410 g/mol. The van der Waals surface area contributed by atoms with Gasteiger partial charge >= 0.3 is 6.03 Å². The van der Waals surface area contributed by atoms with Gasteiger partial charge in [0.15, 0.2) is 5.75 Å². The number of nitrogens with one attached hydrogen (secondary N) is 2. The van der Waals surface area contributed by atoms with Crippen LogP contribution < -0.4 is 14.8 Å². The van der Waals surface area contributed by atoms with Crippen molar-refractivity contribution >= 4 is 21.7 Å². The molecule has 0 aliphatic carbocycles. The fourth-order valence-corrected chi connectivity index (χ4v) is 3.63. The molecule has 2 N–H and O–H groups in total. The van der Waals surface area contributed by atoms with Gasteiger partial charge in [-0.25, -0.2) is 13.9 Å². The summed E-state index contributed by atoms with van der Waals surface area (Å²) in [5.41, 5.74) is 1.51. The molecule has 0 saturated heterocycles. The molecule has 0 saturated carbocycles. The van der Waals surface area contributed by atoms with Crippen LogP contribution >= 0.6 is 0 Å². The quantitative estimate of drug-likeness (QED) is 0.755. The number of rotatable bonds is 6. The molecule has 0 fully saturated rings. The Hall–Kier alpha value is -2.75. The topological polar surface area (TPSA) is 110 Å². The van der Waals surface area contributed by atoms with Crippen LogP contribution in [0.15, 0.2) is 29.4 Å². The Morgan fingerprint density at radius 1 is 1.14 bits per heavy atom. The van der Waals surface area contributed by atoms with Gasteiger partial charge in [-0.1, -0.05) is 27.7 Å². The minimum Gasteiger partial charge on any atom is -0.494 e. The number of urea groups is 1. The van der Waals surface area contributed by atoms with E-state index in [-0.39, 0.29) is 17.6 Å². The number of carbonyl (C=O) groups excluding carboxylic acids is 1. The molecule has 2 aromatic rings. The molecule has 28 heavy (non-hydrogen) atoms. The van der Waals surface area contributed by atoms with Crippen LogP contribution in [0.5, 0.6) is 5.75 Å². The molecular formula is C18H23FN4O4S. The van der Waals surface area contributed by atoms with E-state index >= 15 is 0 Å². The summed E-state index contributed by atoms with van der Waals surface area (Å²) >= 11 is 0. The first-order valence-electron chi connectivity index (χ1n) is 8.59. The highest BCUT2D eigenvalue weighted by atomic mass is 32.2. The van der Waals surface area contributed by atoms with Gasteiger partial charge in [-0.3, -0.25) is 0 Å². The zero-order valence-electron chi connectivity index (χ0n) is 16.3. The summed E-state index contributed by atoms with van der Waals surface area (Å²) in [6, 6.07) is 2.97. The number of benzene rings is 1. The smallest absolute Gasteiger partial charge is 0.333 e. The maximum Gasteiger partial charge on any atom is 0.333 e. The number of methoxy groups -OCH3 is 1. The lowest BCUT2D eigenvalue weighted by molar-refractivity contribution is 0.256. The average molecular weight is 410 g/mol. The number of amides is 2. The molecule has 0 aliphatic heterocycles. The number of aromatic nitrogens is 2. The predicted octanol–water partition coefficient (Wildman–Crippen LogP) is 3.38. The van der Waals surface area contributed by atoms with Crippen LogP contribution in [-0.2, 0) is 10.0 Å². The van der Waals surface area contributed by atoms with Gasteiger partial charge < -0.3 is 10.1 Å². The Balaban J connectivity index is 2.38. The molecule has 0 aliphatic rings. The van der Waals surface area contributed by atoms with Gasteiger partial charge in [0.2, 0.25) is 5.03 Å². The van der Waals surface area contributed by atoms with E-state index < -0.39 is 26.9 Å². The maximum atomic E-state index is 14.0. The Labute approximate surface area is 163 Å². The standard InChI is InChI=1S/C18H23FN4O4S/c1-10(2)13-8-12(19)9-14(11(3)4)16(13)21-18(24)23-28(25,26)17-15(27-5)6-7-20-22-17/h6-11H,1-5H3,(H2,21,23,24). The molecule has 10 heteroatoms. The van der Waals surface area contributed by atoms with E-state index in [4.69, 9.17) is 4.74 Å². The highest BCUT2D eigenvalue weighted by Gasteiger charge is 2.26. The van der Waals surface area contributed by atoms with E-state index in [0.29, 0.717) is 16.8 Å². The van der Waals surface area contributed by atoms with Crippen molar-refractivity contribution in [1.29, 1.82) is 0 Å². The molecule has 0 radical (unpaired) electrons. The molecule has 2 rings (SSSR count). The van der Waals surface area contributed by atoms with E-state index in [1.165, 1.54) is 31.5 Å². The zero-order chi connectivity index (χ0) is 21.1. The fourth-order valence-electron chi connectivity index (χ4n) is 2.66. The molecule has 0 bridgehead atoms. The third-order valence-electron chi connectivity index (χ3n) is 4.00. The Bertz CT molecular complexity index is 948. The maximum absolute atomic E-state index is 14.0. The Kier molecular flexibility index (Phi) is 6.55. The van der Waals surface area contributed by atoms with Crippen molar-refractivity contribution in [3.8, 4) is 5.75 Å². The van der Waals surface area contributed by atoms with E-state index in [1.54, 1.807) is 0 Å². The van der Waals surface area contributed by atoms with Crippen LogP contribution in [0.4, 0.5) is 14.9 Å². The number of hydrogen-bond acceptors (Lipinski definition) is 6. The molecule has 1 heterocycles. The number of sulfonamides is 1. The molecule has 2 amide bonds. The van der Waals surface area contributed by atoms with Crippen molar-refractivity contribution in [1.82, 2.24) is 14.9 Å². The summed E-state index contributed by atoms with van der Waals surface area (Å²) < 4.78 is 45.8. The lowest BCUT2D eigenvalue weighted by Gasteiger charge is -2.20. The van der Waals surface area contributed by atoms with Gasteiger partial charge in [0.05, 0.1) is 13.3 Å². The van der Waals surface area contributed by atoms with E-state index in [2.05, 4.69) is 15.5 Å². The molecular weight excluding hydrogens is 387 g/mol. The number of halogens is 1. The van der Waals surface area contributed by atoms with E-state index in [0.717, 1.165) is 0 Å². The van der Waals surface area contributed by atoms with Gasteiger partial charge in [0.1, 0.15) is 5.82 Å². The van der Waals surface area contributed by atoms with Gasteiger partial charge in [-0.15, -0.1) is 5.10 Å². The van der Waals surface area contributed by atoms with Crippen molar-refractivity contribution in [3.63, 3.8) is 0 Å². The molecule has 0 spiro atoms. The summed E-state index contributed by atoms with van der Waals surface area (Å²) in [4.78, 5) is 12.5. The second-order valence-corrected chi connectivity index (χ2v) is 8.33. The predicted molar refractivity (Wildman–Crippen MR) is 103 cm³/mol. The summed E-state index contributed by atoms with van der Waals surface area (Å²) in [5.74, 6) is -0.668. The summed E-state index contributed by atoms with van der Waals surface area (Å²) in [7, 11) is -3.06. The lowest BCUT2D eigenvalue weighted by Crippen LogP contribution is -2.35. The Morgan fingerprint density at radius 2 is 1.71 bits per heavy atom. The van der Waals surface area contributed by atoms with Gasteiger partial charge in [0, 0.05) is 11.8 Å². The number of carbonyl (C=O) groups is 1. The van der Waals surface area contributed by atoms with Gasteiger partial charge in [-0.05, 0) is 35.1 Å². The normalized spacial score (nSPS) is 11.6. The van der Waals surface area contributed by atoms with Crippen LogP contribution in [0.3, 0.4) is 0 Å². The summed E-state index contributed by atoms with van der Waals surface area (Å²) in [6.45, 7) is 7.40. The molecule has 8 nitrogen and oxygen atoms in total. The number of hydrogen-bond donors (Lipinski definition) is 2. The van der Waals surface area contributed by atoms with Crippen molar-refractivity contribution in [2.45, 2.75) is 44.6 Å². The molecule has 152 valence electrons. The number of anilines is 1. The summed E-state index contributed by atoms with van der Waals surface area (Å²) in [6.07, 6.45) is 1.26. The first-order valence-corrected chi connectivity index (χ1v) is 10.1. The first-order chi connectivity index (χ1) is 13.1. The van der Waals surface area contributed by atoms with Crippen molar-refractivity contribution in [3.05, 3.63) is 41.3 Å². The highest BCUT2D eigenvalue weighted by molar-refractivity contribution is 7.90. The first kappa shape index (κ1) is 21.5. The van der Waals surface area contributed by atoms with Crippen molar-refractivity contribution in [2.75, 3.05) is 12.4 Å². The molecule has 0 atom stereocenters. The number of ether oxygens (including phenoxy) is 1. The lowest BCUT2D eigenvalue weighted by atomic mass is 9.92. The van der Waals surface area contributed by atoms with E-state index in [9.17, 15) is 17.6 Å². The van der Waals surface area contributed by atoms with Crippen LogP contribution in [0, 0.1) is 5.82 Å². The minimum absolute atomic E-state index is 0.0529. The Morgan fingerprint density at radius 3 is 2.21 bits per heavy atom. The van der Waals surface area contributed by atoms with E-state index in [1.807, 2.05) is 32.4 Å². The van der Waals surface area contributed by atoms with Crippen molar-refractivity contribution < 1.29 is 22.3 Å². The SMILES string of the molecule is COc1ccnnc1S(=O)(=O)NC(=O)Nc1c(C(C)C)cc(F)cc1C(C)C. The zero-order valence-corrected chi connectivity index (χ0v) is 17.1. The third-order valence-corrected chi connectivity index (χ3v) is 5.25. The van der Waals surface area contributed by atoms with Crippen LogP contribution in [-0.4, -0.2) is 31.8 Å². The second-order valence-electron chi connectivity index (χ2n) is 6.73. The molecule has 1 aromatic carbocycles. The molecule has 1 aromatic heterocycles.